The van der Waals surface area contributed by atoms with Gasteiger partial charge >= 0.3 is 15.2 Å². The molecule has 0 spiro atoms. The molecule has 0 radical (unpaired) electrons. The van der Waals surface area contributed by atoms with Crippen LogP contribution < -0.4 is 11.5 Å². The zero-order valence-corrected chi connectivity index (χ0v) is 17.5. The summed E-state index contributed by atoms with van der Waals surface area (Å²) in [6.45, 7) is 1.69. The lowest BCUT2D eigenvalue weighted by atomic mass is 9.47. The topological polar surface area (TPSA) is 238 Å². The third-order valence-corrected chi connectivity index (χ3v) is 7.68. The average molecular weight is 472 g/mol. The summed E-state index contributed by atoms with van der Waals surface area (Å²) in [5.74, 6) is -2.38. The van der Waals surface area contributed by atoms with Gasteiger partial charge in [0.25, 0.3) is 0 Å². The molecule has 4 bridgehead atoms. The van der Waals surface area contributed by atoms with Gasteiger partial charge in [-0.2, -0.15) is 0 Å². The summed E-state index contributed by atoms with van der Waals surface area (Å²) in [4.78, 5) is 44.8. The van der Waals surface area contributed by atoms with Crippen molar-refractivity contribution in [1.29, 1.82) is 0 Å². The van der Waals surface area contributed by atoms with E-state index in [4.69, 9.17) is 30.0 Å². The molecule has 0 aromatic carbocycles. The van der Waals surface area contributed by atoms with Crippen LogP contribution in [0.15, 0.2) is 0 Å². The predicted molar refractivity (Wildman–Crippen MR) is 93.8 cm³/mol. The average Bonchev–Trinajstić information content (AvgIpc) is 3.22. The number of hydrogen-bond acceptors (Lipinski definition) is 10. The molecule has 10 unspecified atom stereocenters. The molecule has 0 saturated carbocycles. The molecule has 170 valence electrons. The number of ether oxygens (including phenoxy) is 2. The Balaban J connectivity index is 1.91. The van der Waals surface area contributed by atoms with Crippen molar-refractivity contribution in [3.63, 3.8) is 0 Å². The maximum atomic E-state index is 12.8. The van der Waals surface area contributed by atoms with Gasteiger partial charge in [0, 0.05) is 13.3 Å². The molecule has 2 amide bonds. The van der Waals surface area contributed by atoms with Crippen LogP contribution in [0, 0.1) is 10.8 Å². The van der Waals surface area contributed by atoms with Gasteiger partial charge < -0.3 is 40.9 Å². The van der Waals surface area contributed by atoms with Crippen LogP contribution in [-0.2, 0) is 37.2 Å². The van der Waals surface area contributed by atoms with Crippen molar-refractivity contribution in [3.05, 3.63) is 0 Å². The first-order valence-electron chi connectivity index (χ1n) is 8.85. The van der Waals surface area contributed by atoms with E-state index in [1.807, 2.05) is 0 Å². The number of fused-ring (bicyclic) bond motifs is 9. The summed E-state index contributed by atoms with van der Waals surface area (Å²) in [6.07, 6.45) is -12.9. The summed E-state index contributed by atoms with van der Waals surface area (Å²) in [7, 11) is -8.43. The number of carbonyl (C=O) groups excluding carboxylic acids is 2. The number of amides is 2. The Labute approximate surface area is 169 Å². The molecule has 4 heterocycles. The monoisotopic (exact) mass is 472 g/mol. The third kappa shape index (κ3) is 2.49. The van der Waals surface area contributed by atoms with E-state index in [1.54, 1.807) is 0 Å². The minimum absolute atomic E-state index is 0.843. The number of aliphatic hydroxyl groups is 2. The number of hydrogen-bond donors (Lipinski definition) is 6. The molecule has 0 aromatic rings. The maximum absolute atomic E-state index is 12.8. The first-order chi connectivity index (χ1) is 13.6. The Morgan fingerprint density at radius 2 is 1.10 bits per heavy atom. The molecule has 10 atom stereocenters. The van der Waals surface area contributed by atoms with Crippen LogP contribution >= 0.6 is 15.2 Å². The molecule has 4 fully saturated rings. The van der Waals surface area contributed by atoms with Crippen LogP contribution in [0.4, 0.5) is 0 Å². The molecule has 0 aliphatic carbocycles. The highest BCUT2D eigenvalue weighted by atomic mass is 31.2. The lowest BCUT2D eigenvalue weighted by molar-refractivity contribution is -0.175. The summed E-state index contributed by atoms with van der Waals surface area (Å²) in [6, 6.07) is 0. The highest BCUT2D eigenvalue weighted by Gasteiger charge is 2.92. The third-order valence-electron chi connectivity index (χ3n) is 6.41. The summed E-state index contributed by atoms with van der Waals surface area (Å²) >= 11 is 0. The number of aliphatic hydroxyl groups excluding tert-OH is 2. The van der Waals surface area contributed by atoms with Gasteiger partial charge in [-0.05, 0) is 0 Å². The van der Waals surface area contributed by atoms with E-state index in [9.17, 15) is 38.7 Å². The van der Waals surface area contributed by atoms with Crippen LogP contribution in [0.2, 0.25) is 0 Å². The standard InChI is InChI=1S/C14H22N2O12P2/c1-29(21,22)27-5-3(17)7-13(11(15)19)8-4(18)6(28-30(2,23)24)10(26-8)14(13,12(16)20)9(5)25-7/h3-10,17-18H,1-2H3,(H2,15,19)(H2,16,20)(H,21,22)(H,23,24). The molecular formula is C14H22N2O12P2. The molecule has 14 nitrogen and oxygen atoms in total. The van der Waals surface area contributed by atoms with Crippen molar-refractivity contribution in [1.82, 2.24) is 0 Å². The van der Waals surface area contributed by atoms with E-state index < -0.39 is 86.7 Å². The second-order valence-electron chi connectivity index (χ2n) is 8.15. The van der Waals surface area contributed by atoms with Gasteiger partial charge in [0.05, 0.1) is 0 Å². The second-order valence-corrected chi connectivity index (χ2v) is 11.8. The van der Waals surface area contributed by atoms with Gasteiger partial charge in [-0.15, -0.1) is 0 Å². The Bertz CT molecular complexity index is 847. The van der Waals surface area contributed by atoms with Crippen molar-refractivity contribution < 1.29 is 57.2 Å². The summed E-state index contributed by atoms with van der Waals surface area (Å²) in [5.41, 5.74) is 6.90. The molecule has 4 aliphatic rings. The Hall–Kier alpha value is -0.920. The maximum Gasteiger partial charge on any atom is 0.325 e. The van der Waals surface area contributed by atoms with Crippen LogP contribution in [0.3, 0.4) is 0 Å². The fraction of sp³-hybridized carbons (Fsp3) is 0.857. The quantitative estimate of drug-likeness (QED) is 0.208. The highest BCUT2D eigenvalue weighted by molar-refractivity contribution is 7.52. The van der Waals surface area contributed by atoms with E-state index in [0.717, 1.165) is 13.3 Å². The minimum Gasteiger partial charge on any atom is -0.388 e. The van der Waals surface area contributed by atoms with E-state index in [-0.39, 0.29) is 0 Å². The van der Waals surface area contributed by atoms with E-state index in [2.05, 4.69) is 0 Å². The molecule has 30 heavy (non-hydrogen) atoms. The predicted octanol–water partition coefficient (Wildman–Crippen LogP) is -3.39. The lowest BCUT2D eigenvalue weighted by Crippen LogP contribution is -2.76. The van der Waals surface area contributed by atoms with Gasteiger partial charge in [-0.1, -0.05) is 0 Å². The molecular weight excluding hydrogens is 450 g/mol. The number of primary amides is 2. The number of rotatable bonds is 6. The zero-order chi connectivity index (χ0) is 22.6. The van der Waals surface area contributed by atoms with Crippen molar-refractivity contribution in [3.8, 4) is 0 Å². The first-order valence-corrected chi connectivity index (χ1v) is 12.9. The Morgan fingerprint density at radius 3 is 1.37 bits per heavy atom. The van der Waals surface area contributed by atoms with Gasteiger partial charge in [-0.25, -0.2) is 0 Å². The van der Waals surface area contributed by atoms with E-state index >= 15 is 0 Å². The lowest BCUT2D eigenvalue weighted by Gasteiger charge is -2.52. The van der Waals surface area contributed by atoms with Gasteiger partial charge in [0.2, 0.25) is 11.8 Å². The molecule has 4 rings (SSSR count). The summed E-state index contributed by atoms with van der Waals surface area (Å²) < 4.78 is 45.1. The van der Waals surface area contributed by atoms with Crippen molar-refractivity contribution in [2.24, 2.45) is 22.3 Å². The zero-order valence-electron chi connectivity index (χ0n) is 15.7. The van der Waals surface area contributed by atoms with Gasteiger partial charge in [-0.3, -0.25) is 27.8 Å². The van der Waals surface area contributed by atoms with E-state index in [0.29, 0.717) is 0 Å². The molecule has 4 saturated heterocycles. The van der Waals surface area contributed by atoms with Crippen LogP contribution in [-0.4, -0.2) is 94.0 Å². The molecule has 8 N–H and O–H groups in total. The van der Waals surface area contributed by atoms with Crippen molar-refractivity contribution in [2.75, 3.05) is 13.3 Å². The largest absolute Gasteiger partial charge is 0.388 e. The molecule has 0 aromatic heterocycles. The summed E-state index contributed by atoms with van der Waals surface area (Å²) in [5, 5.41) is 21.3. The smallest absolute Gasteiger partial charge is 0.325 e. The Kier molecular flexibility index (Phi) is 4.69. The van der Waals surface area contributed by atoms with Crippen LogP contribution in [0.1, 0.15) is 0 Å². The van der Waals surface area contributed by atoms with Crippen molar-refractivity contribution >= 4 is 27.0 Å². The van der Waals surface area contributed by atoms with Crippen LogP contribution in [0.5, 0.6) is 0 Å². The van der Waals surface area contributed by atoms with Crippen LogP contribution in [0.25, 0.3) is 0 Å². The van der Waals surface area contributed by atoms with Crippen molar-refractivity contribution in [2.45, 2.75) is 48.8 Å². The minimum atomic E-state index is -4.22. The number of nitrogens with two attached hydrogens (primary N) is 2. The fourth-order valence-corrected chi connectivity index (χ4v) is 7.12. The first kappa shape index (κ1) is 22.3. The number of carbonyl (C=O) groups is 2. The fourth-order valence-electron chi connectivity index (χ4n) is 5.74. The van der Waals surface area contributed by atoms with Gasteiger partial charge in [0.15, 0.2) is 0 Å². The van der Waals surface area contributed by atoms with E-state index in [1.165, 1.54) is 0 Å². The molecule has 16 heteroatoms. The SMILES string of the molecule is CP(=O)(O)OC1C(O)C2OC1C1(C(N)=O)C3OC(C(O)C3OP(C)(=O)O)C21C(N)=O. The Morgan fingerprint density at radius 1 is 0.800 bits per heavy atom. The van der Waals surface area contributed by atoms with Gasteiger partial charge in [0.1, 0.15) is 59.7 Å². The highest BCUT2D eigenvalue weighted by Crippen LogP contribution is 2.73. The second kappa shape index (κ2) is 6.32. The normalized spacial score (nSPS) is 52.6. The molecule has 4 aliphatic heterocycles.